The molecule has 0 atom stereocenters. The minimum absolute atomic E-state index is 0.123. The topological polar surface area (TPSA) is 58.4 Å². The third-order valence-electron chi connectivity index (χ3n) is 1.34. The lowest BCUT2D eigenvalue weighted by Gasteiger charge is -1.92. The van der Waals surface area contributed by atoms with E-state index in [2.05, 4.69) is 4.79 Å². The maximum Gasteiger partial charge on any atom is 0.287 e. The van der Waals surface area contributed by atoms with Gasteiger partial charge in [0.25, 0.3) is 11.8 Å². The predicted octanol–water partition coefficient (Wildman–Crippen LogP) is 0.0340. The van der Waals surface area contributed by atoms with Crippen LogP contribution in [-0.4, -0.2) is 15.6 Å². The van der Waals surface area contributed by atoms with Crippen LogP contribution in [-0.2, 0) is 7.05 Å². The minimum Gasteiger partial charge on any atom is -0.361 e. The van der Waals surface area contributed by atoms with Crippen molar-refractivity contribution in [3.8, 4) is 0 Å². The zero-order chi connectivity index (χ0) is 8.27. The van der Waals surface area contributed by atoms with Gasteiger partial charge in [-0.05, 0) is 6.07 Å². The first kappa shape index (κ1) is 7.44. The Kier molecular flexibility index (Phi) is 1.99. The number of aryl methyl sites for hydroxylation is 1. The lowest BCUT2D eigenvalue weighted by molar-refractivity contribution is 0.00455. The molecule has 4 nitrogen and oxygen atoms in total. The summed E-state index contributed by atoms with van der Waals surface area (Å²) in [7, 11) is 1.65. The molecule has 0 unspecified atom stereocenters. The van der Waals surface area contributed by atoms with Gasteiger partial charge in [0, 0.05) is 19.3 Å². The maximum atomic E-state index is 10.9. The Morgan fingerprint density at radius 2 is 2.45 bits per heavy atom. The first-order chi connectivity index (χ1) is 5.24. The molecule has 0 aromatic carbocycles. The van der Waals surface area contributed by atoms with Crippen LogP contribution in [0.15, 0.2) is 23.1 Å². The molecule has 0 aliphatic heterocycles. The summed E-state index contributed by atoms with van der Waals surface area (Å²) in [6.45, 7) is 0. The van der Waals surface area contributed by atoms with E-state index < -0.39 is 0 Å². The highest BCUT2D eigenvalue weighted by Crippen LogP contribution is 1.86. The van der Waals surface area contributed by atoms with E-state index in [0.29, 0.717) is 5.56 Å². The Hall–Kier alpha value is -1.67. The molecular weight excluding hydrogens is 142 g/mol. The number of pyridine rings is 1. The second-order valence-electron chi connectivity index (χ2n) is 2.15. The van der Waals surface area contributed by atoms with Crippen LogP contribution in [0.25, 0.3) is 5.53 Å². The minimum atomic E-state index is -0.123. The van der Waals surface area contributed by atoms with Gasteiger partial charge < -0.3 is 10.1 Å². The van der Waals surface area contributed by atoms with E-state index in [1.165, 1.54) is 16.8 Å². The lowest BCUT2D eigenvalue weighted by Crippen LogP contribution is -2.14. The highest BCUT2D eigenvalue weighted by Gasteiger charge is 1.94. The van der Waals surface area contributed by atoms with Crippen molar-refractivity contribution in [3.05, 3.63) is 39.8 Å². The molecule has 1 aromatic rings. The Balaban J connectivity index is 3.26. The molecule has 1 rings (SSSR count). The quantitative estimate of drug-likeness (QED) is 0.316. The summed E-state index contributed by atoms with van der Waals surface area (Å²) in [4.78, 5) is 13.7. The first-order valence-electron chi connectivity index (χ1n) is 3.08. The van der Waals surface area contributed by atoms with E-state index in [1.54, 1.807) is 19.3 Å². The molecule has 0 fully saturated rings. The van der Waals surface area contributed by atoms with Crippen LogP contribution in [0.5, 0.6) is 0 Å². The largest absolute Gasteiger partial charge is 0.361 e. The number of rotatable bonds is 1. The van der Waals surface area contributed by atoms with Crippen LogP contribution >= 0.6 is 0 Å². The first-order valence-corrected chi connectivity index (χ1v) is 3.08. The molecule has 0 saturated heterocycles. The van der Waals surface area contributed by atoms with Crippen molar-refractivity contribution in [2.24, 2.45) is 7.05 Å². The normalized spacial score (nSPS) is 8.82. The summed E-state index contributed by atoms with van der Waals surface area (Å²) in [6, 6.07) is 3.07. The molecule has 0 saturated carbocycles. The molecule has 0 bridgehead atoms. The standard InChI is InChI=1S/C7H7N3O/c1-10-3-2-6(5-9-8)4-7(10)11/h2-5H,1H3. The molecule has 4 heteroatoms. The molecule has 11 heavy (non-hydrogen) atoms. The zero-order valence-electron chi connectivity index (χ0n) is 6.06. The van der Waals surface area contributed by atoms with E-state index in [4.69, 9.17) is 5.53 Å². The molecule has 56 valence electrons. The SMILES string of the molecule is Cn1ccc(C=[N+]=[N-])cc1=O. The lowest BCUT2D eigenvalue weighted by atomic mass is 10.3. The molecule has 0 aliphatic carbocycles. The number of nitrogens with zero attached hydrogens (tertiary/aromatic N) is 3. The molecule has 1 aromatic heterocycles. The van der Waals surface area contributed by atoms with Crippen molar-refractivity contribution < 1.29 is 4.79 Å². The molecular formula is C7H7N3O. The molecule has 0 amide bonds. The van der Waals surface area contributed by atoms with Gasteiger partial charge in [-0.15, -0.1) is 0 Å². The molecule has 0 N–H and O–H groups in total. The smallest absolute Gasteiger partial charge is 0.287 e. The summed E-state index contributed by atoms with van der Waals surface area (Å²) in [6.07, 6.45) is 2.82. The van der Waals surface area contributed by atoms with Crippen LogP contribution in [0.1, 0.15) is 5.56 Å². The average Bonchev–Trinajstić information content (AvgIpc) is 1.98. The van der Waals surface area contributed by atoms with Gasteiger partial charge in [-0.2, -0.15) is 4.79 Å². The number of hydrogen-bond donors (Lipinski definition) is 0. The van der Waals surface area contributed by atoms with E-state index in [1.807, 2.05) is 0 Å². The van der Waals surface area contributed by atoms with Crippen LogP contribution < -0.4 is 5.56 Å². The van der Waals surface area contributed by atoms with Crippen molar-refractivity contribution >= 4 is 6.21 Å². The third-order valence-corrected chi connectivity index (χ3v) is 1.34. The van der Waals surface area contributed by atoms with E-state index >= 15 is 0 Å². The number of aromatic nitrogens is 1. The number of hydrogen-bond acceptors (Lipinski definition) is 1. The van der Waals surface area contributed by atoms with Crippen molar-refractivity contribution in [2.45, 2.75) is 0 Å². The summed E-state index contributed by atoms with van der Waals surface area (Å²) in [5.74, 6) is 0. The summed E-state index contributed by atoms with van der Waals surface area (Å²) >= 11 is 0. The molecule has 1 heterocycles. The van der Waals surface area contributed by atoms with E-state index in [9.17, 15) is 4.79 Å². The second-order valence-corrected chi connectivity index (χ2v) is 2.15. The van der Waals surface area contributed by atoms with Crippen LogP contribution in [0.2, 0.25) is 0 Å². The van der Waals surface area contributed by atoms with Gasteiger partial charge in [-0.3, -0.25) is 4.79 Å². The van der Waals surface area contributed by atoms with Crippen LogP contribution in [0.4, 0.5) is 0 Å². The van der Waals surface area contributed by atoms with Crippen molar-refractivity contribution in [1.82, 2.24) is 4.57 Å². The van der Waals surface area contributed by atoms with E-state index in [-0.39, 0.29) is 5.56 Å². The summed E-state index contributed by atoms with van der Waals surface area (Å²) < 4.78 is 1.44. The summed E-state index contributed by atoms with van der Waals surface area (Å²) in [5, 5.41) is 0. The molecule has 0 aliphatic rings. The fraction of sp³-hybridized carbons (Fsp3) is 0.143. The van der Waals surface area contributed by atoms with Crippen molar-refractivity contribution in [3.63, 3.8) is 0 Å². The van der Waals surface area contributed by atoms with Gasteiger partial charge in [0.2, 0.25) is 0 Å². The second kappa shape index (κ2) is 2.94. The van der Waals surface area contributed by atoms with Gasteiger partial charge in [0.15, 0.2) is 0 Å². The zero-order valence-corrected chi connectivity index (χ0v) is 6.06. The Morgan fingerprint density at radius 1 is 1.73 bits per heavy atom. The maximum absolute atomic E-state index is 10.9. The summed E-state index contributed by atoms with van der Waals surface area (Å²) in [5.41, 5.74) is 8.61. The average molecular weight is 149 g/mol. The Bertz CT molecular complexity index is 360. The van der Waals surface area contributed by atoms with Gasteiger partial charge in [0.05, 0.1) is 5.56 Å². The third kappa shape index (κ3) is 1.63. The highest BCUT2D eigenvalue weighted by atomic mass is 16.1. The van der Waals surface area contributed by atoms with Crippen LogP contribution in [0, 0.1) is 0 Å². The van der Waals surface area contributed by atoms with Crippen molar-refractivity contribution in [2.75, 3.05) is 0 Å². The monoisotopic (exact) mass is 149 g/mol. The van der Waals surface area contributed by atoms with Gasteiger partial charge in [-0.1, -0.05) is 0 Å². The van der Waals surface area contributed by atoms with E-state index in [0.717, 1.165) is 0 Å². The fourth-order valence-corrected chi connectivity index (χ4v) is 0.711. The van der Waals surface area contributed by atoms with Crippen molar-refractivity contribution in [1.29, 1.82) is 0 Å². The van der Waals surface area contributed by atoms with Gasteiger partial charge in [0.1, 0.15) is 0 Å². The van der Waals surface area contributed by atoms with Gasteiger partial charge >= 0.3 is 0 Å². The van der Waals surface area contributed by atoms with Crippen LogP contribution in [0.3, 0.4) is 0 Å². The van der Waals surface area contributed by atoms with Gasteiger partial charge in [-0.25, -0.2) is 0 Å². The predicted molar refractivity (Wildman–Crippen MR) is 40.5 cm³/mol. The Labute approximate surface area is 63.3 Å². The highest BCUT2D eigenvalue weighted by molar-refractivity contribution is 5.74. The molecule has 0 spiro atoms. The fourth-order valence-electron chi connectivity index (χ4n) is 0.711. The molecule has 0 radical (unpaired) electrons. The Morgan fingerprint density at radius 3 is 3.00 bits per heavy atom.